The van der Waals surface area contributed by atoms with Crippen LogP contribution in [0.4, 0.5) is 0 Å². The number of methoxy groups -OCH3 is 1. The molecule has 8 nitrogen and oxygen atoms in total. The minimum atomic E-state index is -0.801. The smallest absolute Gasteiger partial charge is 0.295 e. The topological polar surface area (TPSA) is 94.5 Å². The van der Waals surface area contributed by atoms with E-state index in [0.717, 1.165) is 19.3 Å². The number of ether oxygens (including phenoxy) is 4. The van der Waals surface area contributed by atoms with E-state index in [1.165, 1.54) is 4.90 Å². The maximum absolute atomic E-state index is 13.4. The number of aliphatic hydroxyl groups excluding tert-OH is 1. The highest BCUT2D eigenvalue weighted by Gasteiger charge is 2.47. The fourth-order valence-electron chi connectivity index (χ4n) is 4.83. The Morgan fingerprint density at radius 3 is 2.50 bits per heavy atom. The highest BCUT2D eigenvalue weighted by Crippen LogP contribution is 2.42. The molecule has 2 saturated heterocycles. The van der Waals surface area contributed by atoms with E-state index in [0.29, 0.717) is 54.1 Å². The summed E-state index contributed by atoms with van der Waals surface area (Å²) in [6.07, 6.45) is 2.44. The Morgan fingerprint density at radius 1 is 1.11 bits per heavy atom. The summed E-state index contributed by atoms with van der Waals surface area (Å²) in [7, 11) is 1.55. The van der Waals surface area contributed by atoms with Gasteiger partial charge < -0.3 is 29.0 Å². The maximum Gasteiger partial charge on any atom is 0.295 e. The molecule has 0 aliphatic carbocycles. The molecule has 4 rings (SSSR count). The van der Waals surface area contributed by atoms with E-state index in [9.17, 15) is 14.7 Å². The summed E-state index contributed by atoms with van der Waals surface area (Å²) in [5.74, 6) is 0.611. The van der Waals surface area contributed by atoms with Crippen LogP contribution >= 0.6 is 0 Å². The van der Waals surface area contributed by atoms with E-state index in [4.69, 9.17) is 18.9 Å². The number of likely N-dealkylation sites (tertiary alicyclic amines) is 1. The van der Waals surface area contributed by atoms with Crippen molar-refractivity contribution in [1.29, 1.82) is 0 Å². The average molecular weight is 524 g/mol. The van der Waals surface area contributed by atoms with Gasteiger partial charge in [0.05, 0.1) is 38.0 Å². The van der Waals surface area contributed by atoms with Gasteiger partial charge in [0.2, 0.25) is 0 Å². The van der Waals surface area contributed by atoms with E-state index in [2.05, 4.69) is 13.8 Å². The minimum absolute atomic E-state index is 0.0349. The predicted molar refractivity (Wildman–Crippen MR) is 144 cm³/mol. The first-order chi connectivity index (χ1) is 18.3. The second-order valence-corrected chi connectivity index (χ2v) is 9.99. The van der Waals surface area contributed by atoms with Gasteiger partial charge in [0.1, 0.15) is 11.5 Å². The third kappa shape index (κ3) is 5.96. The van der Waals surface area contributed by atoms with E-state index >= 15 is 0 Å². The van der Waals surface area contributed by atoms with E-state index in [1.54, 1.807) is 43.5 Å². The number of carbonyl (C=O) groups excluding carboxylic acids is 2. The van der Waals surface area contributed by atoms with Crippen LogP contribution in [0.3, 0.4) is 0 Å². The summed E-state index contributed by atoms with van der Waals surface area (Å²) in [4.78, 5) is 28.1. The molecule has 2 heterocycles. The number of hydrogen-bond acceptors (Lipinski definition) is 7. The molecule has 2 aromatic rings. The molecule has 2 aromatic carbocycles. The lowest BCUT2D eigenvalue weighted by Crippen LogP contribution is -2.36. The van der Waals surface area contributed by atoms with Crippen LogP contribution in [-0.4, -0.2) is 61.3 Å². The van der Waals surface area contributed by atoms with Crippen molar-refractivity contribution in [3.8, 4) is 17.2 Å². The lowest BCUT2D eigenvalue weighted by molar-refractivity contribution is -0.140. The van der Waals surface area contributed by atoms with Gasteiger partial charge in [-0.3, -0.25) is 9.59 Å². The van der Waals surface area contributed by atoms with Crippen molar-refractivity contribution in [2.45, 2.75) is 52.2 Å². The lowest BCUT2D eigenvalue weighted by Gasteiger charge is -2.28. The molecule has 2 aliphatic heterocycles. The molecule has 1 amide bonds. The Balaban J connectivity index is 1.75. The van der Waals surface area contributed by atoms with Crippen molar-refractivity contribution in [3.63, 3.8) is 0 Å². The number of ketones is 1. The van der Waals surface area contributed by atoms with Crippen molar-refractivity contribution in [2.75, 3.05) is 33.5 Å². The third-order valence-electron chi connectivity index (χ3n) is 6.86. The van der Waals surface area contributed by atoms with Crippen LogP contribution in [0.5, 0.6) is 17.2 Å². The standard InChI is InChI=1S/C30H37NO7/c1-5-36-22-11-8-20(9-12-22)28(32)26-27(31(30(34)29(26)33)18-23-7-6-15-37-23)21-10-13-24(25(17-21)35-4)38-16-14-19(2)3/h8-13,17,19,23,27,32H,5-7,14-16,18H2,1-4H3/t23-,27-/m0/s1. The van der Waals surface area contributed by atoms with Crippen LogP contribution in [0.2, 0.25) is 0 Å². The Kier molecular flexibility index (Phi) is 8.94. The van der Waals surface area contributed by atoms with Crippen LogP contribution in [0, 0.1) is 5.92 Å². The van der Waals surface area contributed by atoms with Gasteiger partial charge in [-0.1, -0.05) is 19.9 Å². The fourth-order valence-corrected chi connectivity index (χ4v) is 4.83. The molecule has 8 heteroatoms. The van der Waals surface area contributed by atoms with Crippen LogP contribution in [0.25, 0.3) is 5.76 Å². The van der Waals surface area contributed by atoms with Gasteiger partial charge in [0.25, 0.3) is 11.7 Å². The summed E-state index contributed by atoms with van der Waals surface area (Å²) < 4.78 is 22.8. The quantitative estimate of drug-likeness (QED) is 0.248. The Bertz CT molecular complexity index is 1170. The molecule has 2 atom stereocenters. The molecule has 2 fully saturated rings. The Labute approximate surface area is 224 Å². The first-order valence-corrected chi connectivity index (χ1v) is 13.3. The van der Waals surface area contributed by atoms with E-state index < -0.39 is 17.7 Å². The number of aliphatic hydroxyl groups is 1. The van der Waals surface area contributed by atoms with Crippen molar-refractivity contribution in [2.24, 2.45) is 5.92 Å². The second-order valence-electron chi connectivity index (χ2n) is 9.99. The molecule has 0 unspecified atom stereocenters. The zero-order valence-electron chi connectivity index (χ0n) is 22.6. The van der Waals surface area contributed by atoms with Crippen molar-refractivity contribution < 1.29 is 33.6 Å². The SMILES string of the molecule is CCOc1ccc(C(O)=C2C(=O)C(=O)N(C[C@@H]3CCCO3)[C@H]2c2ccc(OCCC(C)C)c(OC)c2)cc1. The fraction of sp³-hybridized carbons (Fsp3) is 0.467. The number of carbonyl (C=O) groups is 2. The maximum atomic E-state index is 13.4. The van der Waals surface area contributed by atoms with Gasteiger partial charge in [0, 0.05) is 18.7 Å². The number of amides is 1. The molecule has 2 aliphatic rings. The average Bonchev–Trinajstić information content (AvgIpc) is 3.51. The number of rotatable bonds is 11. The van der Waals surface area contributed by atoms with Gasteiger partial charge in [-0.15, -0.1) is 0 Å². The first-order valence-electron chi connectivity index (χ1n) is 13.3. The molecule has 1 N–H and O–H groups in total. The summed E-state index contributed by atoms with van der Waals surface area (Å²) in [5.41, 5.74) is 1.10. The zero-order valence-corrected chi connectivity index (χ0v) is 22.6. The number of Topliss-reactive ketones (excluding diaryl/α,β-unsaturated/α-hetero) is 1. The van der Waals surface area contributed by atoms with E-state index in [-0.39, 0.29) is 24.0 Å². The van der Waals surface area contributed by atoms with E-state index in [1.807, 2.05) is 13.0 Å². The molecular weight excluding hydrogens is 486 g/mol. The third-order valence-corrected chi connectivity index (χ3v) is 6.86. The highest BCUT2D eigenvalue weighted by atomic mass is 16.5. The van der Waals surface area contributed by atoms with Crippen LogP contribution in [0.15, 0.2) is 48.0 Å². The van der Waals surface area contributed by atoms with Gasteiger partial charge in [-0.25, -0.2) is 0 Å². The van der Waals surface area contributed by atoms with Crippen molar-refractivity contribution in [1.82, 2.24) is 4.90 Å². The Morgan fingerprint density at radius 2 is 1.87 bits per heavy atom. The van der Waals surface area contributed by atoms with Crippen molar-refractivity contribution in [3.05, 3.63) is 59.2 Å². The highest BCUT2D eigenvalue weighted by molar-refractivity contribution is 6.46. The van der Waals surface area contributed by atoms with Crippen LogP contribution < -0.4 is 14.2 Å². The lowest BCUT2D eigenvalue weighted by atomic mass is 9.94. The molecule has 0 bridgehead atoms. The minimum Gasteiger partial charge on any atom is -0.507 e. The van der Waals surface area contributed by atoms with Gasteiger partial charge >= 0.3 is 0 Å². The zero-order chi connectivity index (χ0) is 27.2. The van der Waals surface area contributed by atoms with Crippen molar-refractivity contribution >= 4 is 17.4 Å². The molecule has 38 heavy (non-hydrogen) atoms. The summed E-state index contributed by atoms with van der Waals surface area (Å²) >= 11 is 0. The second kappa shape index (κ2) is 12.3. The molecule has 204 valence electrons. The monoisotopic (exact) mass is 523 g/mol. The normalized spacial score (nSPS) is 20.8. The predicted octanol–water partition coefficient (Wildman–Crippen LogP) is 5.12. The molecule has 0 aromatic heterocycles. The summed E-state index contributed by atoms with van der Waals surface area (Å²) in [6.45, 7) is 8.09. The van der Waals surface area contributed by atoms with Gasteiger partial charge in [-0.05, 0) is 74.1 Å². The summed E-state index contributed by atoms with van der Waals surface area (Å²) in [5, 5.41) is 11.3. The van der Waals surface area contributed by atoms with Crippen LogP contribution in [-0.2, 0) is 14.3 Å². The number of benzene rings is 2. The number of hydrogen-bond donors (Lipinski definition) is 1. The molecule has 0 spiro atoms. The Hall–Kier alpha value is -3.52. The molecule has 0 radical (unpaired) electrons. The van der Waals surface area contributed by atoms with Crippen LogP contribution in [0.1, 0.15) is 57.2 Å². The molecular formula is C30H37NO7. The van der Waals surface area contributed by atoms with Gasteiger partial charge in [0.15, 0.2) is 11.5 Å². The first kappa shape index (κ1) is 27.5. The number of nitrogens with zero attached hydrogens (tertiary/aromatic N) is 1. The summed E-state index contributed by atoms with van der Waals surface area (Å²) in [6, 6.07) is 11.4. The molecule has 0 saturated carbocycles. The largest absolute Gasteiger partial charge is 0.507 e. The van der Waals surface area contributed by atoms with Gasteiger partial charge in [-0.2, -0.15) is 0 Å².